The summed E-state index contributed by atoms with van der Waals surface area (Å²) in [7, 11) is 3.09. The van der Waals surface area contributed by atoms with E-state index < -0.39 is 0 Å². The Kier molecular flexibility index (Phi) is 9.36. The van der Waals surface area contributed by atoms with Gasteiger partial charge in [-0.2, -0.15) is 0 Å². The Morgan fingerprint density at radius 3 is 2.50 bits per heavy atom. The maximum absolute atomic E-state index is 12.7. The second-order valence-electron chi connectivity index (χ2n) is 7.29. The molecule has 2 heterocycles. The summed E-state index contributed by atoms with van der Waals surface area (Å²) < 4.78 is 15.5. The highest BCUT2D eigenvalue weighted by molar-refractivity contribution is 5.81. The quantitative estimate of drug-likeness (QED) is 0.540. The van der Waals surface area contributed by atoms with Crippen LogP contribution in [0.4, 0.5) is 0 Å². The zero-order chi connectivity index (χ0) is 18.8. The average molecular weight is 370 g/mol. The monoisotopic (exact) mass is 370 g/mol. The lowest BCUT2D eigenvalue weighted by Gasteiger charge is -2.35. The zero-order valence-electron chi connectivity index (χ0n) is 16.3. The van der Waals surface area contributed by atoms with Gasteiger partial charge in [-0.15, -0.1) is 0 Å². The maximum Gasteiger partial charge on any atom is 0.306 e. The Hall–Kier alpha value is -1.18. The van der Waals surface area contributed by atoms with Gasteiger partial charge in [-0.1, -0.05) is 0 Å². The van der Waals surface area contributed by atoms with E-state index in [1.54, 1.807) is 7.11 Å². The van der Waals surface area contributed by atoms with E-state index in [9.17, 15) is 9.59 Å². The topological polar surface area (TPSA) is 68.3 Å². The molecule has 0 spiro atoms. The number of hydrogen-bond acceptors (Lipinski definition) is 6. The normalized spacial score (nSPS) is 21.7. The van der Waals surface area contributed by atoms with Crippen molar-refractivity contribution < 1.29 is 23.8 Å². The minimum absolute atomic E-state index is 0.0349. The molecule has 150 valence electrons. The summed E-state index contributed by atoms with van der Waals surface area (Å²) in [5.74, 6) is 0.215. The molecule has 0 saturated carbocycles. The van der Waals surface area contributed by atoms with E-state index in [4.69, 9.17) is 9.47 Å². The molecule has 0 aromatic rings. The highest BCUT2D eigenvalue weighted by Crippen LogP contribution is 2.21. The van der Waals surface area contributed by atoms with Crippen LogP contribution < -0.4 is 0 Å². The molecule has 0 bridgehead atoms. The number of likely N-dealkylation sites (tertiary alicyclic amines) is 1. The molecule has 1 atom stereocenters. The highest BCUT2D eigenvalue weighted by Gasteiger charge is 2.27. The van der Waals surface area contributed by atoms with Crippen LogP contribution in [0.15, 0.2) is 0 Å². The number of carbonyl (C=O) groups excluding carboxylic acids is 2. The molecule has 0 N–H and O–H groups in total. The molecule has 2 aliphatic heterocycles. The van der Waals surface area contributed by atoms with Crippen LogP contribution in [0.1, 0.15) is 38.5 Å². The molecule has 2 saturated heterocycles. The number of methoxy groups -OCH3 is 2. The van der Waals surface area contributed by atoms with E-state index >= 15 is 0 Å². The second kappa shape index (κ2) is 11.5. The molecule has 1 amide bonds. The second-order valence-corrected chi connectivity index (χ2v) is 7.29. The van der Waals surface area contributed by atoms with Gasteiger partial charge in [0, 0.05) is 39.8 Å². The fourth-order valence-corrected chi connectivity index (χ4v) is 3.71. The number of hydrogen-bond donors (Lipinski definition) is 0. The van der Waals surface area contributed by atoms with Gasteiger partial charge < -0.3 is 24.0 Å². The maximum atomic E-state index is 12.7. The number of ether oxygens (including phenoxy) is 3. The number of nitrogens with zero attached hydrogens (tertiary/aromatic N) is 2. The van der Waals surface area contributed by atoms with Crippen LogP contribution in [-0.4, -0.2) is 87.9 Å². The molecular formula is C19H34N2O5. The van der Waals surface area contributed by atoms with E-state index in [2.05, 4.69) is 9.64 Å². The molecule has 0 unspecified atom stereocenters. The Morgan fingerprint density at radius 1 is 1.12 bits per heavy atom. The molecular weight excluding hydrogens is 336 g/mol. The molecule has 7 nitrogen and oxygen atoms in total. The Bertz CT molecular complexity index is 432. The van der Waals surface area contributed by atoms with Gasteiger partial charge in [0.25, 0.3) is 0 Å². The van der Waals surface area contributed by atoms with E-state index in [-0.39, 0.29) is 30.8 Å². The van der Waals surface area contributed by atoms with Crippen molar-refractivity contribution in [2.45, 2.75) is 44.6 Å². The van der Waals surface area contributed by atoms with Crippen LogP contribution >= 0.6 is 0 Å². The van der Waals surface area contributed by atoms with Gasteiger partial charge >= 0.3 is 5.97 Å². The van der Waals surface area contributed by atoms with Crippen molar-refractivity contribution in [3.8, 4) is 0 Å². The summed E-state index contributed by atoms with van der Waals surface area (Å²) in [4.78, 5) is 28.4. The first-order valence-electron chi connectivity index (χ1n) is 9.80. The van der Waals surface area contributed by atoms with Crippen molar-refractivity contribution in [3.63, 3.8) is 0 Å². The van der Waals surface area contributed by atoms with Crippen molar-refractivity contribution in [1.82, 2.24) is 9.80 Å². The van der Waals surface area contributed by atoms with E-state index in [1.807, 2.05) is 4.90 Å². The van der Waals surface area contributed by atoms with Crippen molar-refractivity contribution in [2.24, 2.45) is 5.92 Å². The lowest BCUT2D eigenvalue weighted by molar-refractivity contribution is -0.144. The largest absolute Gasteiger partial charge is 0.469 e. The van der Waals surface area contributed by atoms with E-state index in [0.717, 1.165) is 65.1 Å². The molecule has 0 aliphatic carbocycles. The Balaban J connectivity index is 1.83. The summed E-state index contributed by atoms with van der Waals surface area (Å²) in [6.07, 6.45) is 4.76. The number of carbonyl (C=O) groups is 2. The van der Waals surface area contributed by atoms with E-state index in [0.29, 0.717) is 12.5 Å². The standard InChI is InChI=1S/C19H34N2O5/c1-24-13-11-20-9-7-16(8-10-20)14-21(15-17-4-3-12-26-17)18(22)5-6-19(23)25-2/h16-17H,3-15H2,1-2H3/t17-/m1/s1. The highest BCUT2D eigenvalue weighted by atomic mass is 16.5. The minimum atomic E-state index is -0.332. The lowest BCUT2D eigenvalue weighted by Crippen LogP contribution is -2.44. The smallest absolute Gasteiger partial charge is 0.306 e. The molecule has 26 heavy (non-hydrogen) atoms. The molecule has 0 aromatic carbocycles. The molecule has 2 aliphatic rings. The van der Waals surface area contributed by atoms with E-state index in [1.165, 1.54) is 7.11 Å². The Labute approximate surface area is 156 Å². The van der Waals surface area contributed by atoms with Crippen LogP contribution in [0.3, 0.4) is 0 Å². The van der Waals surface area contributed by atoms with Gasteiger partial charge in [0.1, 0.15) is 0 Å². The van der Waals surface area contributed by atoms with Crippen molar-refractivity contribution in [3.05, 3.63) is 0 Å². The summed E-state index contributed by atoms with van der Waals surface area (Å²) >= 11 is 0. The molecule has 7 heteroatoms. The first-order chi connectivity index (χ1) is 12.6. The van der Waals surface area contributed by atoms with Gasteiger partial charge in [0.2, 0.25) is 5.91 Å². The van der Waals surface area contributed by atoms with Gasteiger partial charge in [-0.05, 0) is 44.7 Å². The van der Waals surface area contributed by atoms with Crippen LogP contribution in [0.2, 0.25) is 0 Å². The number of amides is 1. The predicted molar refractivity (Wildman–Crippen MR) is 97.8 cm³/mol. The molecule has 0 aromatic heterocycles. The summed E-state index contributed by atoms with van der Waals surface area (Å²) in [6, 6.07) is 0. The van der Waals surface area contributed by atoms with Gasteiger partial charge in [-0.25, -0.2) is 0 Å². The van der Waals surface area contributed by atoms with Gasteiger partial charge in [0.05, 0.1) is 26.2 Å². The number of piperidine rings is 1. The van der Waals surface area contributed by atoms with Gasteiger partial charge in [0.15, 0.2) is 0 Å². The third kappa shape index (κ3) is 7.21. The average Bonchev–Trinajstić information content (AvgIpc) is 3.17. The van der Waals surface area contributed by atoms with Gasteiger partial charge in [-0.3, -0.25) is 9.59 Å². The first-order valence-corrected chi connectivity index (χ1v) is 9.80. The van der Waals surface area contributed by atoms with Crippen molar-refractivity contribution in [1.29, 1.82) is 0 Å². The summed E-state index contributed by atoms with van der Waals surface area (Å²) in [5, 5.41) is 0. The summed E-state index contributed by atoms with van der Waals surface area (Å²) in [5.41, 5.74) is 0. The summed E-state index contributed by atoms with van der Waals surface area (Å²) in [6.45, 7) is 6.04. The fourth-order valence-electron chi connectivity index (χ4n) is 3.71. The minimum Gasteiger partial charge on any atom is -0.469 e. The molecule has 2 fully saturated rings. The third-order valence-corrected chi connectivity index (χ3v) is 5.37. The number of rotatable bonds is 10. The molecule has 2 rings (SSSR count). The molecule has 0 radical (unpaired) electrons. The SMILES string of the molecule is COCCN1CCC(CN(C[C@H]2CCCO2)C(=O)CCC(=O)OC)CC1. The number of esters is 1. The Morgan fingerprint density at radius 2 is 1.88 bits per heavy atom. The van der Waals surface area contributed by atoms with Crippen molar-refractivity contribution in [2.75, 3.05) is 60.2 Å². The van der Waals surface area contributed by atoms with Crippen LogP contribution in [0.5, 0.6) is 0 Å². The third-order valence-electron chi connectivity index (χ3n) is 5.37. The predicted octanol–water partition coefficient (Wildman–Crippen LogP) is 1.31. The van der Waals surface area contributed by atoms with Crippen LogP contribution in [-0.2, 0) is 23.8 Å². The lowest BCUT2D eigenvalue weighted by atomic mass is 9.95. The van der Waals surface area contributed by atoms with Crippen molar-refractivity contribution >= 4 is 11.9 Å². The fraction of sp³-hybridized carbons (Fsp3) is 0.895. The van der Waals surface area contributed by atoms with Crippen LogP contribution in [0.25, 0.3) is 0 Å². The van der Waals surface area contributed by atoms with Crippen LogP contribution in [0, 0.1) is 5.92 Å². The zero-order valence-corrected chi connectivity index (χ0v) is 16.3. The first kappa shape index (κ1) is 21.1.